The molecule has 0 spiro atoms. The number of halogens is 1. The largest absolute Gasteiger partial charge is 0.243 e. The summed E-state index contributed by atoms with van der Waals surface area (Å²) in [6.45, 7) is 9.59. The van der Waals surface area contributed by atoms with E-state index >= 15 is 4.39 Å². The standard InChI is InChI=1S/C22H35F/c1-5-17-15(2)14-19-18-10-9-16-8-6-7-11-21(16,4)22(18,23)13-12-20(17,19)3/h8,15,17-19H,5-7,9-14H2,1-4H3/t15-,17+,18+,19+,20-,21+,22-/m1/s1. The fourth-order valence-electron chi connectivity index (χ4n) is 7.97. The highest BCUT2D eigenvalue weighted by atomic mass is 19.1. The molecule has 0 unspecified atom stereocenters. The Labute approximate surface area is 142 Å². The van der Waals surface area contributed by atoms with Crippen molar-refractivity contribution in [1.29, 1.82) is 0 Å². The zero-order valence-corrected chi connectivity index (χ0v) is 15.6. The summed E-state index contributed by atoms with van der Waals surface area (Å²) in [5, 5.41) is 0. The molecule has 0 amide bonds. The molecular weight excluding hydrogens is 283 g/mol. The van der Waals surface area contributed by atoms with E-state index < -0.39 is 5.67 Å². The van der Waals surface area contributed by atoms with Crippen molar-refractivity contribution < 1.29 is 4.39 Å². The Morgan fingerprint density at radius 2 is 1.96 bits per heavy atom. The number of alkyl halides is 1. The average Bonchev–Trinajstić information content (AvgIpc) is 2.78. The second kappa shape index (κ2) is 5.09. The van der Waals surface area contributed by atoms with Gasteiger partial charge in [-0.25, -0.2) is 4.39 Å². The molecule has 0 N–H and O–H groups in total. The van der Waals surface area contributed by atoms with Gasteiger partial charge in [0.1, 0.15) is 5.67 Å². The second-order valence-corrected chi connectivity index (χ2v) is 9.80. The lowest BCUT2D eigenvalue weighted by Crippen LogP contribution is -2.60. The van der Waals surface area contributed by atoms with Gasteiger partial charge in [-0.1, -0.05) is 45.8 Å². The van der Waals surface area contributed by atoms with Crippen molar-refractivity contribution in [2.75, 3.05) is 0 Å². The maximum absolute atomic E-state index is 16.7. The third kappa shape index (κ3) is 1.89. The maximum Gasteiger partial charge on any atom is 0.123 e. The zero-order chi connectivity index (χ0) is 16.5. The van der Waals surface area contributed by atoms with Gasteiger partial charge in [0.05, 0.1) is 0 Å². The van der Waals surface area contributed by atoms with E-state index in [4.69, 9.17) is 0 Å². The highest BCUT2D eigenvalue weighted by Gasteiger charge is 2.67. The quantitative estimate of drug-likeness (QED) is 0.472. The maximum atomic E-state index is 16.7. The number of hydrogen-bond donors (Lipinski definition) is 0. The monoisotopic (exact) mass is 318 g/mol. The van der Waals surface area contributed by atoms with E-state index in [0.29, 0.717) is 17.3 Å². The van der Waals surface area contributed by atoms with Crippen LogP contribution in [-0.2, 0) is 0 Å². The van der Waals surface area contributed by atoms with Crippen molar-refractivity contribution >= 4 is 0 Å². The molecule has 4 aliphatic rings. The van der Waals surface area contributed by atoms with Gasteiger partial charge in [-0.3, -0.25) is 0 Å². The van der Waals surface area contributed by atoms with E-state index in [1.807, 2.05) is 0 Å². The van der Waals surface area contributed by atoms with Crippen LogP contribution in [0.1, 0.15) is 85.5 Å². The Morgan fingerprint density at radius 3 is 2.70 bits per heavy atom. The first-order chi connectivity index (χ1) is 10.9. The minimum absolute atomic E-state index is 0.150. The van der Waals surface area contributed by atoms with E-state index in [2.05, 4.69) is 33.8 Å². The van der Waals surface area contributed by atoms with Crippen LogP contribution in [0.3, 0.4) is 0 Å². The fraction of sp³-hybridized carbons (Fsp3) is 0.909. The van der Waals surface area contributed by atoms with Gasteiger partial charge in [-0.2, -0.15) is 0 Å². The molecule has 0 heterocycles. The Balaban J connectivity index is 1.74. The Bertz CT molecular complexity index is 522. The molecule has 0 saturated heterocycles. The Kier molecular flexibility index (Phi) is 3.57. The SMILES string of the molecule is CC[C@H]1[C@H](C)C[C@H]2[C@@H]3CCC4=CCCC[C@]4(C)[C@@]3(F)CC[C@]12C. The van der Waals surface area contributed by atoms with Crippen LogP contribution in [0.25, 0.3) is 0 Å². The third-order valence-corrected chi connectivity index (χ3v) is 9.17. The van der Waals surface area contributed by atoms with E-state index in [1.165, 1.54) is 37.7 Å². The highest BCUT2D eigenvalue weighted by molar-refractivity contribution is 5.29. The van der Waals surface area contributed by atoms with Gasteiger partial charge in [-0.05, 0) is 80.5 Å². The van der Waals surface area contributed by atoms with Crippen molar-refractivity contribution in [1.82, 2.24) is 0 Å². The molecule has 0 aromatic carbocycles. The van der Waals surface area contributed by atoms with Gasteiger partial charge >= 0.3 is 0 Å². The molecule has 0 aromatic rings. The summed E-state index contributed by atoms with van der Waals surface area (Å²) in [6.07, 6.45) is 12.6. The average molecular weight is 319 g/mol. The van der Waals surface area contributed by atoms with Crippen LogP contribution in [0.4, 0.5) is 4.39 Å². The molecule has 3 saturated carbocycles. The minimum atomic E-state index is -0.927. The molecule has 0 aliphatic heterocycles. The van der Waals surface area contributed by atoms with Gasteiger partial charge in [-0.15, -0.1) is 0 Å². The lowest BCUT2D eigenvalue weighted by Gasteiger charge is -2.61. The molecule has 0 nitrogen and oxygen atoms in total. The molecule has 0 radical (unpaired) electrons. The predicted octanol–water partition coefficient (Wildman–Crippen LogP) is 6.70. The van der Waals surface area contributed by atoms with Crippen LogP contribution in [0.5, 0.6) is 0 Å². The van der Waals surface area contributed by atoms with Crippen LogP contribution in [0.2, 0.25) is 0 Å². The van der Waals surface area contributed by atoms with Gasteiger partial charge < -0.3 is 0 Å². The zero-order valence-electron chi connectivity index (χ0n) is 15.6. The van der Waals surface area contributed by atoms with Crippen molar-refractivity contribution in [3.05, 3.63) is 11.6 Å². The molecule has 3 fully saturated rings. The van der Waals surface area contributed by atoms with E-state index in [9.17, 15) is 0 Å². The molecule has 7 atom stereocenters. The molecular formula is C22H35F. The molecule has 0 aromatic heterocycles. The number of allylic oxidation sites excluding steroid dienone is 2. The topological polar surface area (TPSA) is 0 Å². The van der Waals surface area contributed by atoms with Crippen LogP contribution < -0.4 is 0 Å². The molecule has 4 rings (SSSR count). The molecule has 1 heteroatoms. The van der Waals surface area contributed by atoms with Crippen molar-refractivity contribution in [2.24, 2.45) is 34.5 Å². The lowest BCUT2D eigenvalue weighted by molar-refractivity contribution is -0.144. The Morgan fingerprint density at radius 1 is 1.17 bits per heavy atom. The summed E-state index contributed by atoms with van der Waals surface area (Å²) in [5.74, 6) is 2.55. The van der Waals surface area contributed by atoms with Crippen molar-refractivity contribution in [3.63, 3.8) is 0 Å². The van der Waals surface area contributed by atoms with Crippen molar-refractivity contribution in [2.45, 2.75) is 91.2 Å². The van der Waals surface area contributed by atoms with Crippen LogP contribution in [-0.4, -0.2) is 5.67 Å². The first-order valence-electron chi connectivity index (χ1n) is 10.3. The molecule has 0 bridgehead atoms. The summed E-state index contributed by atoms with van der Waals surface area (Å²) in [4.78, 5) is 0. The summed E-state index contributed by atoms with van der Waals surface area (Å²) in [5.41, 5.74) is 0.803. The summed E-state index contributed by atoms with van der Waals surface area (Å²) in [6, 6.07) is 0. The number of hydrogen-bond acceptors (Lipinski definition) is 0. The van der Waals surface area contributed by atoms with Gasteiger partial charge in [0.2, 0.25) is 0 Å². The summed E-state index contributed by atoms with van der Waals surface area (Å²) >= 11 is 0. The van der Waals surface area contributed by atoms with Crippen molar-refractivity contribution in [3.8, 4) is 0 Å². The first-order valence-corrected chi connectivity index (χ1v) is 10.3. The molecule has 23 heavy (non-hydrogen) atoms. The lowest BCUT2D eigenvalue weighted by atomic mass is 9.45. The van der Waals surface area contributed by atoms with Crippen LogP contribution in [0.15, 0.2) is 11.6 Å². The molecule has 4 aliphatic carbocycles. The van der Waals surface area contributed by atoms with Gasteiger partial charge in [0.15, 0.2) is 0 Å². The van der Waals surface area contributed by atoms with Crippen LogP contribution in [0, 0.1) is 34.5 Å². The number of rotatable bonds is 1. The highest BCUT2D eigenvalue weighted by Crippen LogP contribution is 2.70. The van der Waals surface area contributed by atoms with Crippen LogP contribution >= 0.6 is 0 Å². The number of fused-ring (bicyclic) bond motifs is 5. The Hall–Kier alpha value is -0.330. The summed E-state index contributed by atoms with van der Waals surface area (Å²) < 4.78 is 16.7. The van der Waals surface area contributed by atoms with E-state index in [-0.39, 0.29) is 5.41 Å². The minimum Gasteiger partial charge on any atom is -0.243 e. The van der Waals surface area contributed by atoms with Gasteiger partial charge in [0, 0.05) is 5.41 Å². The normalized spacial score (nSPS) is 55.6. The predicted molar refractivity (Wildman–Crippen MR) is 95.0 cm³/mol. The van der Waals surface area contributed by atoms with E-state index in [0.717, 1.165) is 37.5 Å². The third-order valence-electron chi connectivity index (χ3n) is 9.17. The van der Waals surface area contributed by atoms with Gasteiger partial charge in [0.25, 0.3) is 0 Å². The van der Waals surface area contributed by atoms with E-state index in [1.54, 1.807) is 0 Å². The summed E-state index contributed by atoms with van der Waals surface area (Å²) in [7, 11) is 0. The second-order valence-electron chi connectivity index (χ2n) is 9.80. The first kappa shape index (κ1) is 16.2. The fourth-order valence-corrected chi connectivity index (χ4v) is 7.97. The smallest absolute Gasteiger partial charge is 0.123 e. The molecule has 130 valence electrons.